The normalized spacial score (nSPS) is 16.7. The number of nitrogens with one attached hydrogen (secondary N) is 1. The third-order valence-electron chi connectivity index (χ3n) is 6.23. The van der Waals surface area contributed by atoms with Gasteiger partial charge in [-0.2, -0.15) is 0 Å². The van der Waals surface area contributed by atoms with Gasteiger partial charge in [-0.1, -0.05) is 48.5 Å². The van der Waals surface area contributed by atoms with E-state index in [1.165, 1.54) is 0 Å². The van der Waals surface area contributed by atoms with Gasteiger partial charge in [0, 0.05) is 31.5 Å². The van der Waals surface area contributed by atoms with E-state index in [1.807, 2.05) is 65.3 Å². The van der Waals surface area contributed by atoms with Crippen LogP contribution in [0.3, 0.4) is 0 Å². The van der Waals surface area contributed by atoms with Crippen LogP contribution in [0.2, 0.25) is 0 Å². The van der Waals surface area contributed by atoms with Gasteiger partial charge in [0.2, 0.25) is 11.7 Å². The van der Waals surface area contributed by atoms with Crippen LogP contribution in [0.5, 0.6) is 0 Å². The maximum absolute atomic E-state index is 13.1. The molecule has 1 N–H and O–H groups in total. The van der Waals surface area contributed by atoms with Crippen molar-refractivity contribution in [3.63, 3.8) is 0 Å². The first-order chi connectivity index (χ1) is 15.7. The minimum absolute atomic E-state index is 0.0588. The Kier molecular flexibility index (Phi) is 5.71. The molecule has 2 amide bonds. The lowest BCUT2D eigenvalue weighted by Gasteiger charge is -2.30. The molecular weight excluding hydrogens is 402 g/mol. The molecule has 1 saturated heterocycles. The first-order valence-electron chi connectivity index (χ1n) is 11.3. The van der Waals surface area contributed by atoms with Crippen molar-refractivity contribution in [1.29, 1.82) is 0 Å². The largest absolute Gasteiger partial charge is 0.352 e. The second kappa shape index (κ2) is 8.94. The fourth-order valence-corrected chi connectivity index (χ4v) is 4.20. The van der Waals surface area contributed by atoms with Crippen LogP contribution < -0.4 is 5.32 Å². The lowest BCUT2D eigenvalue weighted by atomic mass is 9.95. The molecule has 3 aromatic rings. The summed E-state index contributed by atoms with van der Waals surface area (Å²) in [5, 5.41) is 7.59. The summed E-state index contributed by atoms with van der Waals surface area (Å²) in [5.41, 5.74) is 2.01. The van der Waals surface area contributed by atoms with Crippen molar-refractivity contribution in [2.24, 2.45) is 5.92 Å². The molecule has 32 heavy (non-hydrogen) atoms. The van der Waals surface area contributed by atoms with Crippen molar-refractivity contribution in [2.75, 3.05) is 13.1 Å². The summed E-state index contributed by atoms with van der Waals surface area (Å²) in [6.45, 7) is 1.62. The van der Waals surface area contributed by atoms with Crippen LogP contribution in [0.25, 0.3) is 5.69 Å². The molecule has 0 bridgehead atoms. The number of hydrogen-bond acceptors (Lipinski definition) is 4. The standard InChI is InChI=1S/C25H27N5O2/c31-24(26-17-18-7-3-1-4-8-18)20-13-15-29(16-14-20)25(32)22-27-23(19-11-12-19)30(28-22)21-9-5-2-6-10-21/h1-10,19-20H,11-17H2,(H,26,31). The van der Waals surface area contributed by atoms with Gasteiger partial charge in [0.05, 0.1) is 5.69 Å². The highest BCUT2D eigenvalue weighted by Crippen LogP contribution is 2.39. The SMILES string of the molecule is O=C(NCc1ccccc1)C1CCN(C(=O)c2nc(C3CC3)n(-c3ccccc3)n2)CC1. The van der Waals surface area contributed by atoms with Gasteiger partial charge in [-0.05, 0) is 43.4 Å². The highest BCUT2D eigenvalue weighted by molar-refractivity contribution is 5.90. The zero-order chi connectivity index (χ0) is 21.9. The monoisotopic (exact) mass is 429 g/mol. The summed E-state index contributed by atoms with van der Waals surface area (Å²) < 4.78 is 1.81. The van der Waals surface area contributed by atoms with Crippen molar-refractivity contribution in [3.8, 4) is 5.69 Å². The third-order valence-corrected chi connectivity index (χ3v) is 6.23. The molecular formula is C25H27N5O2. The molecule has 0 spiro atoms. The molecule has 5 rings (SSSR count). The average Bonchev–Trinajstić information content (AvgIpc) is 3.61. The van der Waals surface area contributed by atoms with E-state index >= 15 is 0 Å². The van der Waals surface area contributed by atoms with Gasteiger partial charge in [-0.3, -0.25) is 9.59 Å². The van der Waals surface area contributed by atoms with E-state index in [-0.39, 0.29) is 23.6 Å². The number of likely N-dealkylation sites (tertiary alicyclic amines) is 1. The molecule has 0 unspecified atom stereocenters. The molecule has 0 atom stereocenters. The lowest BCUT2D eigenvalue weighted by Crippen LogP contribution is -2.43. The molecule has 7 nitrogen and oxygen atoms in total. The molecule has 1 aromatic heterocycles. The molecule has 164 valence electrons. The Hall–Kier alpha value is -3.48. The molecule has 2 aromatic carbocycles. The molecule has 1 aliphatic carbocycles. The van der Waals surface area contributed by atoms with E-state index in [0.29, 0.717) is 38.4 Å². The minimum Gasteiger partial charge on any atom is -0.352 e. The summed E-state index contributed by atoms with van der Waals surface area (Å²) in [4.78, 5) is 32.1. The predicted molar refractivity (Wildman–Crippen MR) is 120 cm³/mol. The number of rotatable bonds is 6. The van der Waals surface area contributed by atoms with E-state index in [2.05, 4.69) is 15.4 Å². The van der Waals surface area contributed by atoms with Gasteiger partial charge in [0.25, 0.3) is 5.91 Å². The highest BCUT2D eigenvalue weighted by Gasteiger charge is 2.34. The molecule has 2 heterocycles. The van der Waals surface area contributed by atoms with Crippen LogP contribution in [-0.2, 0) is 11.3 Å². The Morgan fingerprint density at radius 3 is 2.22 bits per heavy atom. The first-order valence-corrected chi connectivity index (χ1v) is 11.3. The summed E-state index contributed by atoms with van der Waals surface area (Å²) in [7, 11) is 0. The molecule has 1 aliphatic heterocycles. The van der Waals surface area contributed by atoms with Crippen LogP contribution in [0, 0.1) is 5.92 Å². The van der Waals surface area contributed by atoms with Crippen LogP contribution in [0.4, 0.5) is 0 Å². The van der Waals surface area contributed by atoms with Crippen molar-refractivity contribution in [1.82, 2.24) is 25.0 Å². The number of carbonyl (C=O) groups is 2. The van der Waals surface area contributed by atoms with E-state index in [1.54, 1.807) is 4.90 Å². The summed E-state index contributed by atoms with van der Waals surface area (Å²) >= 11 is 0. The predicted octanol–water partition coefficient (Wildman–Crippen LogP) is 3.31. The maximum atomic E-state index is 13.1. The van der Waals surface area contributed by atoms with Gasteiger partial charge >= 0.3 is 0 Å². The molecule has 2 fully saturated rings. The van der Waals surface area contributed by atoms with Crippen molar-refractivity contribution < 1.29 is 9.59 Å². The van der Waals surface area contributed by atoms with Crippen LogP contribution in [-0.4, -0.2) is 44.6 Å². The highest BCUT2D eigenvalue weighted by atomic mass is 16.2. The lowest BCUT2D eigenvalue weighted by molar-refractivity contribution is -0.126. The van der Waals surface area contributed by atoms with Gasteiger partial charge in [-0.15, -0.1) is 5.10 Å². The van der Waals surface area contributed by atoms with Gasteiger partial charge in [0.1, 0.15) is 5.82 Å². The minimum atomic E-state index is -0.148. The first kappa shape index (κ1) is 20.4. The Bertz CT molecular complexity index is 1080. The number of hydrogen-bond donors (Lipinski definition) is 1. The molecule has 0 radical (unpaired) electrons. The quantitative estimate of drug-likeness (QED) is 0.652. The molecule has 1 saturated carbocycles. The van der Waals surface area contributed by atoms with Crippen molar-refractivity contribution >= 4 is 11.8 Å². The maximum Gasteiger partial charge on any atom is 0.293 e. The number of para-hydroxylation sites is 1. The van der Waals surface area contributed by atoms with E-state index in [9.17, 15) is 9.59 Å². The fourth-order valence-electron chi connectivity index (χ4n) is 4.20. The van der Waals surface area contributed by atoms with Crippen molar-refractivity contribution in [2.45, 2.75) is 38.1 Å². The zero-order valence-electron chi connectivity index (χ0n) is 18.0. The summed E-state index contributed by atoms with van der Waals surface area (Å²) in [6.07, 6.45) is 3.48. The number of amides is 2. The molecule has 7 heteroatoms. The number of nitrogens with zero attached hydrogens (tertiary/aromatic N) is 4. The number of carbonyl (C=O) groups excluding carboxylic acids is 2. The van der Waals surface area contributed by atoms with E-state index in [4.69, 9.17) is 0 Å². The van der Waals surface area contributed by atoms with Gasteiger partial charge < -0.3 is 10.2 Å². The Morgan fingerprint density at radius 1 is 0.906 bits per heavy atom. The van der Waals surface area contributed by atoms with Crippen LogP contribution >= 0.6 is 0 Å². The smallest absolute Gasteiger partial charge is 0.293 e. The van der Waals surface area contributed by atoms with Gasteiger partial charge in [-0.25, -0.2) is 9.67 Å². The van der Waals surface area contributed by atoms with Crippen LogP contribution in [0.15, 0.2) is 60.7 Å². The topological polar surface area (TPSA) is 80.1 Å². The van der Waals surface area contributed by atoms with E-state index < -0.39 is 0 Å². The van der Waals surface area contributed by atoms with Crippen molar-refractivity contribution in [3.05, 3.63) is 77.9 Å². The summed E-state index contributed by atoms with van der Waals surface area (Å²) in [6, 6.07) is 19.7. The zero-order valence-corrected chi connectivity index (χ0v) is 18.0. The number of benzene rings is 2. The Morgan fingerprint density at radius 2 is 1.56 bits per heavy atom. The Labute approximate surface area is 187 Å². The fraction of sp³-hybridized carbons (Fsp3) is 0.360. The van der Waals surface area contributed by atoms with Crippen LogP contribution in [0.1, 0.15) is 53.6 Å². The summed E-state index contributed by atoms with van der Waals surface area (Å²) in [5.74, 6) is 1.34. The second-order valence-corrected chi connectivity index (χ2v) is 8.59. The molecule has 2 aliphatic rings. The van der Waals surface area contributed by atoms with E-state index in [0.717, 1.165) is 29.9 Å². The van der Waals surface area contributed by atoms with Gasteiger partial charge in [0.15, 0.2) is 0 Å². The second-order valence-electron chi connectivity index (χ2n) is 8.59. The third kappa shape index (κ3) is 4.42. The number of aromatic nitrogens is 3. The average molecular weight is 430 g/mol. The Balaban J connectivity index is 1.21. The number of piperidine rings is 1.